The second kappa shape index (κ2) is 3.74. The van der Waals surface area contributed by atoms with E-state index in [1.165, 1.54) is 0 Å². The van der Waals surface area contributed by atoms with Crippen molar-refractivity contribution >= 4 is 0 Å². The minimum absolute atomic E-state index is 0.174. The van der Waals surface area contributed by atoms with Gasteiger partial charge in [-0.15, -0.1) is 6.58 Å². The highest BCUT2D eigenvalue weighted by Gasteiger charge is 2.23. The van der Waals surface area contributed by atoms with Crippen LogP contribution in [0.2, 0.25) is 0 Å². The van der Waals surface area contributed by atoms with E-state index in [0.29, 0.717) is 6.42 Å². The van der Waals surface area contributed by atoms with Crippen molar-refractivity contribution in [1.29, 1.82) is 0 Å². The first-order valence-corrected chi connectivity index (χ1v) is 3.59. The van der Waals surface area contributed by atoms with Crippen LogP contribution >= 0.6 is 0 Å². The summed E-state index contributed by atoms with van der Waals surface area (Å²) in [6.07, 6.45) is 3.29. The molecule has 0 aromatic heterocycles. The molecule has 0 bridgehead atoms. The molecule has 0 aromatic rings. The van der Waals surface area contributed by atoms with E-state index in [9.17, 15) is 5.11 Å². The maximum atomic E-state index is 9.55. The zero-order valence-electron chi connectivity index (χ0n) is 6.80. The van der Waals surface area contributed by atoms with Gasteiger partial charge < -0.3 is 10.8 Å². The minimum atomic E-state index is -0.742. The maximum absolute atomic E-state index is 9.55. The summed E-state index contributed by atoms with van der Waals surface area (Å²) in [6.45, 7) is 7.13. The molecule has 2 heteroatoms. The lowest BCUT2D eigenvalue weighted by Gasteiger charge is -2.26. The normalized spacial score (nSPS) is 19.6. The van der Waals surface area contributed by atoms with Crippen molar-refractivity contribution in [2.75, 3.05) is 0 Å². The molecule has 0 amide bonds. The third-order valence-electron chi connectivity index (χ3n) is 1.84. The van der Waals surface area contributed by atoms with Crippen molar-refractivity contribution in [2.45, 2.75) is 38.3 Å². The quantitative estimate of drug-likeness (QED) is 0.578. The average Bonchev–Trinajstić information content (AvgIpc) is 1.84. The topological polar surface area (TPSA) is 46.2 Å². The van der Waals surface area contributed by atoms with Crippen LogP contribution in [0.1, 0.15) is 26.7 Å². The first kappa shape index (κ1) is 9.66. The fraction of sp³-hybridized carbons (Fsp3) is 0.750. The second-order valence-electron chi connectivity index (χ2n) is 2.97. The SMILES string of the molecule is C=CCCC(C)(O)C(C)N. The van der Waals surface area contributed by atoms with Crippen LogP contribution in [0.15, 0.2) is 12.7 Å². The molecular weight excluding hydrogens is 126 g/mol. The zero-order chi connectivity index (χ0) is 8.20. The first-order valence-electron chi connectivity index (χ1n) is 3.59. The molecule has 0 aliphatic carbocycles. The Balaban J connectivity index is 3.74. The number of nitrogens with two attached hydrogens (primary N) is 1. The van der Waals surface area contributed by atoms with Gasteiger partial charge in [-0.2, -0.15) is 0 Å². The van der Waals surface area contributed by atoms with Gasteiger partial charge in [0.05, 0.1) is 5.60 Å². The molecule has 10 heavy (non-hydrogen) atoms. The summed E-state index contributed by atoms with van der Waals surface area (Å²) >= 11 is 0. The van der Waals surface area contributed by atoms with Crippen LogP contribution in [-0.2, 0) is 0 Å². The van der Waals surface area contributed by atoms with E-state index in [0.717, 1.165) is 6.42 Å². The van der Waals surface area contributed by atoms with Gasteiger partial charge in [-0.3, -0.25) is 0 Å². The Kier molecular flexibility index (Phi) is 3.61. The zero-order valence-corrected chi connectivity index (χ0v) is 6.80. The molecule has 2 atom stereocenters. The molecule has 2 nitrogen and oxygen atoms in total. The molecular formula is C8H17NO. The predicted octanol–water partition coefficient (Wildman–Crippen LogP) is 1.05. The number of hydrogen-bond donors (Lipinski definition) is 2. The van der Waals surface area contributed by atoms with Crippen molar-refractivity contribution in [3.63, 3.8) is 0 Å². The van der Waals surface area contributed by atoms with Gasteiger partial charge in [-0.25, -0.2) is 0 Å². The fourth-order valence-corrected chi connectivity index (χ4v) is 0.622. The van der Waals surface area contributed by atoms with Crippen LogP contribution in [0.25, 0.3) is 0 Å². The van der Waals surface area contributed by atoms with Crippen molar-refractivity contribution in [3.8, 4) is 0 Å². The first-order chi connectivity index (χ1) is 4.50. The Hall–Kier alpha value is -0.340. The molecule has 0 aliphatic rings. The van der Waals surface area contributed by atoms with E-state index < -0.39 is 5.60 Å². The second-order valence-corrected chi connectivity index (χ2v) is 2.97. The van der Waals surface area contributed by atoms with Gasteiger partial charge >= 0.3 is 0 Å². The lowest BCUT2D eigenvalue weighted by atomic mass is 9.93. The third-order valence-corrected chi connectivity index (χ3v) is 1.84. The summed E-state index contributed by atoms with van der Waals surface area (Å²) in [7, 11) is 0. The molecule has 0 saturated carbocycles. The van der Waals surface area contributed by atoms with Gasteiger partial charge in [0.15, 0.2) is 0 Å². The molecule has 0 spiro atoms. The van der Waals surface area contributed by atoms with Crippen molar-refractivity contribution < 1.29 is 5.11 Å². The summed E-state index contributed by atoms with van der Waals surface area (Å²) in [5, 5.41) is 9.55. The van der Waals surface area contributed by atoms with Crippen LogP contribution < -0.4 is 5.73 Å². The van der Waals surface area contributed by atoms with Crippen LogP contribution in [0.3, 0.4) is 0 Å². The monoisotopic (exact) mass is 143 g/mol. The van der Waals surface area contributed by atoms with Crippen molar-refractivity contribution in [2.24, 2.45) is 5.73 Å². The molecule has 0 fully saturated rings. The van der Waals surface area contributed by atoms with E-state index in [1.807, 2.05) is 6.92 Å². The lowest BCUT2D eigenvalue weighted by molar-refractivity contribution is 0.0309. The van der Waals surface area contributed by atoms with E-state index in [1.54, 1.807) is 13.0 Å². The summed E-state index contributed by atoms with van der Waals surface area (Å²) < 4.78 is 0. The van der Waals surface area contributed by atoms with Crippen LogP contribution in [0.4, 0.5) is 0 Å². The van der Waals surface area contributed by atoms with E-state index in [4.69, 9.17) is 5.73 Å². The van der Waals surface area contributed by atoms with E-state index in [2.05, 4.69) is 6.58 Å². The van der Waals surface area contributed by atoms with Gasteiger partial charge in [0.2, 0.25) is 0 Å². The number of allylic oxidation sites excluding steroid dienone is 1. The van der Waals surface area contributed by atoms with Gasteiger partial charge in [0, 0.05) is 6.04 Å². The van der Waals surface area contributed by atoms with Gasteiger partial charge in [0.25, 0.3) is 0 Å². The summed E-state index contributed by atoms with van der Waals surface area (Å²) in [6, 6.07) is -0.174. The molecule has 2 unspecified atom stereocenters. The average molecular weight is 143 g/mol. The molecule has 3 N–H and O–H groups in total. The fourth-order valence-electron chi connectivity index (χ4n) is 0.622. The summed E-state index contributed by atoms with van der Waals surface area (Å²) in [5.41, 5.74) is 4.78. The molecule has 0 aliphatic heterocycles. The Labute approximate surface area is 62.7 Å². The summed E-state index contributed by atoms with van der Waals surface area (Å²) in [5.74, 6) is 0. The minimum Gasteiger partial charge on any atom is -0.389 e. The van der Waals surface area contributed by atoms with Crippen LogP contribution in [0.5, 0.6) is 0 Å². The Morgan fingerprint density at radius 3 is 2.60 bits per heavy atom. The molecule has 0 aromatic carbocycles. The standard InChI is InChI=1S/C8H17NO/c1-4-5-6-8(3,10)7(2)9/h4,7,10H,1,5-6,9H2,2-3H3. The van der Waals surface area contributed by atoms with Crippen molar-refractivity contribution in [1.82, 2.24) is 0 Å². The largest absolute Gasteiger partial charge is 0.389 e. The summed E-state index contributed by atoms with van der Waals surface area (Å²) in [4.78, 5) is 0. The highest BCUT2D eigenvalue weighted by Crippen LogP contribution is 2.14. The van der Waals surface area contributed by atoms with E-state index in [-0.39, 0.29) is 6.04 Å². The van der Waals surface area contributed by atoms with Gasteiger partial charge in [-0.1, -0.05) is 6.08 Å². The highest BCUT2D eigenvalue weighted by molar-refractivity contribution is 4.84. The van der Waals surface area contributed by atoms with Crippen LogP contribution in [0, 0.1) is 0 Å². The lowest BCUT2D eigenvalue weighted by Crippen LogP contribution is -2.43. The Morgan fingerprint density at radius 1 is 1.80 bits per heavy atom. The molecule has 0 heterocycles. The maximum Gasteiger partial charge on any atom is 0.0770 e. The molecule has 0 rings (SSSR count). The number of rotatable bonds is 4. The van der Waals surface area contributed by atoms with Gasteiger partial charge in [0.1, 0.15) is 0 Å². The van der Waals surface area contributed by atoms with Crippen LogP contribution in [-0.4, -0.2) is 16.7 Å². The number of hydrogen-bond acceptors (Lipinski definition) is 2. The Morgan fingerprint density at radius 2 is 2.30 bits per heavy atom. The number of aliphatic hydroxyl groups is 1. The molecule has 60 valence electrons. The molecule has 0 saturated heterocycles. The van der Waals surface area contributed by atoms with Crippen molar-refractivity contribution in [3.05, 3.63) is 12.7 Å². The smallest absolute Gasteiger partial charge is 0.0770 e. The predicted molar refractivity (Wildman–Crippen MR) is 43.7 cm³/mol. The third kappa shape index (κ3) is 2.99. The highest BCUT2D eigenvalue weighted by atomic mass is 16.3. The Bertz CT molecular complexity index is 108. The van der Waals surface area contributed by atoms with E-state index >= 15 is 0 Å². The van der Waals surface area contributed by atoms with Gasteiger partial charge in [-0.05, 0) is 26.7 Å². The molecule has 0 radical (unpaired) electrons.